The Labute approximate surface area is 109 Å². The summed E-state index contributed by atoms with van der Waals surface area (Å²) in [7, 11) is 0. The standard InChI is InChI=1S/C13H24N2O3/c1-11(2)10-13(18)15-7-5-14(6-8-15)12(17)4-3-9-16/h11,16H,3-10H2,1-2H3. The molecular formula is C13H24N2O3. The zero-order chi connectivity index (χ0) is 13.5. The summed E-state index contributed by atoms with van der Waals surface area (Å²) in [6.45, 7) is 6.63. The summed E-state index contributed by atoms with van der Waals surface area (Å²) >= 11 is 0. The van der Waals surface area contributed by atoms with Gasteiger partial charge >= 0.3 is 0 Å². The second-order valence-corrected chi connectivity index (χ2v) is 5.19. The van der Waals surface area contributed by atoms with Crippen LogP contribution in [0, 0.1) is 5.92 Å². The highest BCUT2D eigenvalue weighted by atomic mass is 16.3. The summed E-state index contributed by atoms with van der Waals surface area (Å²) < 4.78 is 0. The Morgan fingerprint density at radius 2 is 1.56 bits per heavy atom. The molecule has 0 unspecified atom stereocenters. The van der Waals surface area contributed by atoms with E-state index in [1.165, 1.54) is 0 Å². The van der Waals surface area contributed by atoms with E-state index in [1.807, 2.05) is 18.7 Å². The largest absolute Gasteiger partial charge is 0.396 e. The maximum Gasteiger partial charge on any atom is 0.222 e. The van der Waals surface area contributed by atoms with Crippen molar-refractivity contribution in [2.75, 3.05) is 32.8 Å². The number of piperazine rings is 1. The molecule has 0 aromatic rings. The molecule has 18 heavy (non-hydrogen) atoms. The summed E-state index contributed by atoms with van der Waals surface area (Å²) in [5.41, 5.74) is 0. The van der Waals surface area contributed by atoms with E-state index in [-0.39, 0.29) is 18.4 Å². The highest BCUT2D eigenvalue weighted by Crippen LogP contribution is 2.09. The van der Waals surface area contributed by atoms with E-state index in [9.17, 15) is 9.59 Å². The summed E-state index contributed by atoms with van der Waals surface area (Å²) in [6.07, 6.45) is 1.50. The lowest BCUT2D eigenvalue weighted by atomic mass is 10.1. The molecule has 0 aliphatic carbocycles. The smallest absolute Gasteiger partial charge is 0.222 e. The number of aliphatic hydroxyl groups excluding tert-OH is 1. The topological polar surface area (TPSA) is 60.9 Å². The van der Waals surface area contributed by atoms with Gasteiger partial charge in [0.25, 0.3) is 0 Å². The van der Waals surface area contributed by atoms with Crippen LogP contribution >= 0.6 is 0 Å². The Kier molecular flexibility index (Phi) is 6.12. The number of aliphatic hydroxyl groups is 1. The highest BCUT2D eigenvalue weighted by molar-refractivity contribution is 5.78. The maximum absolute atomic E-state index is 11.8. The Morgan fingerprint density at radius 1 is 1.06 bits per heavy atom. The fraction of sp³-hybridized carbons (Fsp3) is 0.846. The van der Waals surface area contributed by atoms with Crippen LogP contribution in [0.2, 0.25) is 0 Å². The minimum atomic E-state index is 0.0541. The molecule has 0 atom stereocenters. The van der Waals surface area contributed by atoms with Crippen LogP contribution in [-0.4, -0.2) is 59.5 Å². The molecule has 0 aromatic carbocycles. The Balaban J connectivity index is 2.32. The minimum absolute atomic E-state index is 0.0541. The van der Waals surface area contributed by atoms with Gasteiger partial charge in [-0.25, -0.2) is 0 Å². The second kappa shape index (κ2) is 7.36. The molecule has 0 spiro atoms. The van der Waals surface area contributed by atoms with Gasteiger partial charge < -0.3 is 14.9 Å². The van der Waals surface area contributed by atoms with Crippen LogP contribution in [-0.2, 0) is 9.59 Å². The number of nitrogens with zero attached hydrogens (tertiary/aromatic N) is 2. The fourth-order valence-corrected chi connectivity index (χ4v) is 2.07. The van der Waals surface area contributed by atoms with Crippen LogP contribution in [0.25, 0.3) is 0 Å². The molecule has 2 amide bonds. The van der Waals surface area contributed by atoms with Gasteiger partial charge in [-0.1, -0.05) is 13.8 Å². The quantitative estimate of drug-likeness (QED) is 0.778. The Morgan fingerprint density at radius 3 is 2.00 bits per heavy atom. The summed E-state index contributed by atoms with van der Waals surface area (Å²) in [5.74, 6) is 0.647. The van der Waals surface area contributed by atoms with Gasteiger partial charge in [0.05, 0.1) is 0 Å². The fourth-order valence-electron chi connectivity index (χ4n) is 2.07. The van der Waals surface area contributed by atoms with Gasteiger partial charge in [-0.15, -0.1) is 0 Å². The van der Waals surface area contributed by atoms with Crippen molar-refractivity contribution < 1.29 is 14.7 Å². The summed E-state index contributed by atoms with van der Waals surface area (Å²) in [6, 6.07) is 0. The van der Waals surface area contributed by atoms with Gasteiger partial charge in [0.1, 0.15) is 0 Å². The second-order valence-electron chi connectivity index (χ2n) is 5.19. The third-order valence-corrected chi connectivity index (χ3v) is 3.12. The SMILES string of the molecule is CC(C)CC(=O)N1CCN(C(=O)CCCO)CC1. The van der Waals surface area contributed by atoms with Crippen molar-refractivity contribution >= 4 is 11.8 Å². The number of rotatable bonds is 5. The number of hydrogen-bond acceptors (Lipinski definition) is 3. The highest BCUT2D eigenvalue weighted by Gasteiger charge is 2.23. The van der Waals surface area contributed by atoms with E-state index in [0.29, 0.717) is 51.4 Å². The lowest BCUT2D eigenvalue weighted by molar-refractivity contribution is -0.140. The van der Waals surface area contributed by atoms with Crippen LogP contribution in [0.3, 0.4) is 0 Å². The first-order chi connectivity index (χ1) is 8.54. The number of carbonyl (C=O) groups excluding carboxylic acids is 2. The molecule has 104 valence electrons. The lowest BCUT2D eigenvalue weighted by Gasteiger charge is -2.35. The van der Waals surface area contributed by atoms with E-state index in [0.717, 1.165) is 0 Å². The van der Waals surface area contributed by atoms with E-state index in [1.54, 1.807) is 4.90 Å². The Hall–Kier alpha value is -1.10. The number of carbonyl (C=O) groups is 2. The van der Waals surface area contributed by atoms with Crippen LogP contribution < -0.4 is 0 Å². The minimum Gasteiger partial charge on any atom is -0.396 e. The first-order valence-corrected chi connectivity index (χ1v) is 6.71. The zero-order valence-electron chi connectivity index (χ0n) is 11.4. The van der Waals surface area contributed by atoms with Crippen molar-refractivity contribution in [1.29, 1.82) is 0 Å². The zero-order valence-corrected chi connectivity index (χ0v) is 11.4. The molecule has 0 aromatic heterocycles. The molecule has 1 rings (SSSR count). The first kappa shape index (κ1) is 15.0. The van der Waals surface area contributed by atoms with Gasteiger partial charge in [-0.3, -0.25) is 9.59 Å². The molecule has 0 bridgehead atoms. The average Bonchev–Trinajstić information content (AvgIpc) is 2.35. The predicted octanol–water partition coefficient (Wildman–Crippen LogP) is 0.476. The average molecular weight is 256 g/mol. The van der Waals surface area contributed by atoms with Crippen molar-refractivity contribution in [3.63, 3.8) is 0 Å². The van der Waals surface area contributed by atoms with Crippen molar-refractivity contribution in [2.45, 2.75) is 33.1 Å². The van der Waals surface area contributed by atoms with E-state index in [4.69, 9.17) is 5.11 Å². The molecule has 1 heterocycles. The maximum atomic E-state index is 11.8. The van der Waals surface area contributed by atoms with E-state index in [2.05, 4.69) is 0 Å². The van der Waals surface area contributed by atoms with Crippen LogP contribution in [0.1, 0.15) is 33.1 Å². The number of hydrogen-bond donors (Lipinski definition) is 1. The van der Waals surface area contributed by atoms with Gasteiger partial charge in [0.15, 0.2) is 0 Å². The molecule has 0 radical (unpaired) electrons. The number of amides is 2. The normalized spacial score (nSPS) is 16.2. The van der Waals surface area contributed by atoms with Crippen LogP contribution in [0.4, 0.5) is 0 Å². The molecular weight excluding hydrogens is 232 g/mol. The van der Waals surface area contributed by atoms with Gasteiger partial charge in [0, 0.05) is 45.6 Å². The van der Waals surface area contributed by atoms with Crippen LogP contribution in [0.15, 0.2) is 0 Å². The van der Waals surface area contributed by atoms with Crippen molar-refractivity contribution in [3.8, 4) is 0 Å². The molecule has 1 N–H and O–H groups in total. The molecule has 5 nitrogen and oxygen atoms in total. The van der Waals surface area contributed by atoms with Gasteiger partial charge in [-0.2, -0.15) is 0 Å². The van der Waals surface area contributed by atoms with Crippen molar-refractivity contribution in [3.05, 3.63) is 0 Å². The van der Waals surface area contributed by atoms with Crippen molar-refractivity contribution in [2.24, 2.45) is 5.92 Å². The first-order valence-electron chi connectivity index (χ1n) is 6.71. The molecule has 0 saturated carbocycles. The third-order valence-electron chi connectivity index (χ3n) is 3.12. The molecule has 1 aliphatic heterocycles. The monoisotopic (exact) mass is 256 g/mol. The molecule has 1 aliphatic rings. The predicted molar refractivity (Wildman–Crippen MR) is 68.9 cm³/mol. The van der Waals surface area contributed by atoms with Gasteiger partial charge in [0.2, 0.25) is 11.8 Å². The van der Waals surface area contributed by atoms with E-state index >= 15 is 0 Å². The van der Waals surface area contributed by atoms with Crippen LogP contribution in [0.5, 0.6) is 0 Å². The summed E-state index contributed by atoms with van der Waals surface area (Å²) in [4.78, 5) is 27.2. The van der Waals surface area contributed by atoms with Crippen molar-refractivity contribution in [1.82, 2.24) is 9.80 Å². The third kappa shape index (κ3) is 4.64. The van der Waals surface area contributed by atoms with E-state index < -0.39 is 0 Å². The lowest BCUT2D eigenvalue weighted by Crippen LogP contribution is -2.50. The molecule has 1 fully saturated rings. The molecule has 5 heteroatoms. The summed E-state index contributed by atoms with van der Waals surface area (Å²) in [5, 5.41) is 8.69. The molecule has 1 saturated heterocycles. The van der Waals surface area contributed by atoms with Gasteiger partial charge in [-0.05, 0) is 12.3 Å². The Bertz CT molecular complexity index is 284.